The van der Waals surface area contributed by atoms with Crippen molar-refractivity contribution in [2.45, 2.75) is 19.4 Å². The van der Waals surface area contributed by atoms with Crippen LogP contribution in [0.15, 0.2) is 53.1 Å². The Morgan fingerprint density at radius 1 is 1.21 bits per heavy atom. The Morgan fingerprint density at radius 2 is 2.07 bits per heavy atom. The molecule has 0 radical (unpaired) electrons. The van der Waals surface area contributed by atoms with E-state index < -0.39 is 0 Å². The van der Waals surface area contributed by atoms with E-state index in [1.165, 1.54) is 5.56 Å². The lowest BCUT2D eigenvalue weighted by atomic mass is 10.0. The standard InChI is InChI=1S/C22H19N3O3/c1-14-23-21(28-24-14)16-7-2-8-17(11-16)27-18-12-25(13-18)22(26)20-10-4-6-15-5-3-9-19(15)20/h2-4,6-11,18H,5,12-13H2,1H3. The Labute approximate surface area is 162 Å². The van der Waals surface area contributed by atoms with Crippen molar-refractivity contribution < 1.29 is 14.1 Å². The van der Waals surface area contributed by atoms with Crippen molar-refractivity contribution in [2.24, 2.45) is 0 Å². The fourth-order valence-electron chi connectivity index (χ4n) is 3.64. The number of aromatic nitrogens is 2. The maximum atomic E-state index is 12.8. The maximum absolute atomic E-state index is 12.8. The Kier molecular flexibility index (Phi) is 3.97. The first-order chi connectivity index (χ1) is 13.7. The molecule has 0 saturated carbocycles. The minimum Gasteiger partial charge on any atom is -0.487 e. The van der Waals surface area contributed by atoms with E-state index in [-0.39, 0.29) is 12.0 Å². The van der Waals surface area contributed by atoms with Gasteiger partial charge in [0.15, 0.2) is 5.82 Å². The van der Waals surface area contributed by atoms with Crippen LogP contribution >= 0.6 is 0 Å². The maximum Gasteiger partial charge on any atom is 0.258 e. The molecule has 1 aliphatic carbocycles. The highest BCUT2D eigenvalue weighted by molar-refractivity contribution is 5.99. The highest BCUT2D eigenvalue weighted by Gasteiger charge is 2.34. The summed E-state index contributed by atoms with van der Waals surface area (Å²) in [5.41, 5.74) is 3.86. The third-order valence-electron chi connectivity index (χ3n) is 5.10. The van der Waals surface area contributed by atoms with E-state index in [0.717, 1.165) is 28.9 Å². The normalized spacial score (nSPS) is 15.4. The molecule has 3 aromatic rings. The van der Waals surface area contributed by atoms with Crippen LogP contribution in [0.4, 0.5) is 0 Å². The molecule has 28 heavy (non-hydrogen) atoms. The SMILES string of the molecule is Cc1noc(-c2cccc(OC3CN(C(=O)c4cccc5c4C=CC5)C3)c2)n1. The molecule has 1 fully saturated rings. The van der Waals surface area contributed by atoms with E-state index in [1.54, 1.807) is 6.92 Å². The van der Waals surface area contributed by atoms with E-state index in [4.69, 9.17) is 9.26 Å². The molecule has 1 aromatic heterocycles. The van der Waals surface area contributed by atoms with Crippen molar-refractivity contribution in [1.82, 2.24) is 15.0 Å². The molecule has 0 bridgehead atoms. The van der Waals surface area contributed by atoms with Crippen molar-refractivity contribution in [3.05, 3.63) is 71.1 Å². The number of benzene rings is 2. The molecule has 6 heteroatoms. The van der Waals surface area contributed by atoms with Crippen LogP contribution in [0.1, 0.15) is 27.3 Å². The van der Waals surface area contributed by atoms with E-state index >= 15 is 0 Å². The quantitative estimate of drug-likeness (QED) is 0.700. The monoisotopic (exact) mass is 373 g/mol. The Hall–Kier alpha value is -3.41. The molecule has 2 aliphatic rings. The first-order valence-electron chi connectivity index (χ1n) is 9.32. The second-order valence-electron chi connectivity index (χ2n) is 7.11. The Balaban J connectivity index is 1.24. The molecule has 1 aliphatic heterocycles. The minimum absolute atomic E-state index is 0.0177. The zero-order chi connectivity index (χ0) is 19.1. The molecular formula is C22H19N3O3. The Morgan fingerprint density at radius 3 is 2.89 bits per heavy atom. The van der Waals surface area contributed by atoms with Gasteiger partial charge < -0.3 is 14.2 Å². The van der Waals surface area contributed by atoms with E-state index in [9.17, 15) is 4.79 Å². The van der Waals surface area contributed by atoms with Crippen LogP contribution in [0.3, 0.4) is 0 Å². The fraction of sp³-hybridized carbons (Fsp3) is 0.227. The summed E-state index contributed by atoms with van der Waals surface area (Å²) in [7, 11) is 0. The molecule has 1 amide bonds. The molecule has 2 heterocycles. The summed E-state index contributed by atoms with van der Waals surface area (Å²) in [6.07, 6.45) is 5.02. The number of nitrogens with zero attached hydrogens (tertiary/aromatic N) is 3. The van der Waals surface area contributed by atoms with Gasteiger partial charge in [-0.05, 0) is 48.7 Å². The number of ether oxygens (including phenoxy) is 1. The smallest absolute Gasteiger partial charge is 0.258 e. The van der Waals surface area contributed by atoms with Crippen LogP contribution in [-0.4, -0.2) is 40.1 Å². The summed E-state index contributed by atoms with van der Waals surface area (Å²) in [5.74, 6) is 1.86. The van der Waals surface area contributed by atoms with Gasteiger partial charge in [-0.2, -0.15) is 4.98 Å². The number of carbonyl (C=O) groups excluding carboxylic acids is 1. The van der Waals surface area contributed by atoms with Gasteiger partial charge in [0.25, 0.3) is 11.8 Å². The lowest BCUT2D eigenvalue weighted by Crippen LogP contribution is -2.56. The Bertz CT molecular complexity index is 1080. The fourth-order valence-corrected chi connectivity index (χ4v) is 3.64. The van der Waals surface area contributed by atoms with Gasteiger partial charge in [0.05, 0.1) is 13.1 Å². The van der Waals surface area contributed by atoms with Crippen LogP contribution in [-0.2, 0) is 6.42 Å². The van der Waals surface area contributed by atoms with Gasteiger partial charge in [-0.25, -0.2) is 0 Å². The van der Waals surface area contributed by atoms with Gasteiger partial charge >= 0.3 is 0 Å². The van der Waals surface area contributed by atoms with Crippen molar-refractivity contribution in [1.29, 1.82) is 0 Å². The number of likely N-dealkylation sites (tertiary alicyclic amines) is 1. The van der Waals surface area contributed by atoms with E-state index in [2.05, 4.69) is 22.3 Å². The van der Waals surface area contributed by atoms with Crippen LogP contribution in [0.5, 0.6) is 5.75 Å². The molecule has 5 rings (SSSR count). The predicted molar refractivity (Wildman–Crippen MR) is 104 cm³/mol. The average Bonchev–Trinajstić information content (AvgIpc) is 3.32. The molecule has 2 aromatic carbocycles. The zero-order valence-electron chi connectivity index (χ0n) is 15.5. The number of aryl methyl sites for hydroxylation is 1. The summed E-state index contributed by atoms with van der Waals surface area (Å²) < 4.78 is 11.2. The molecule has 140 valence electrons. The minimum atomic E-state index is -0.0177. The first kappa shape index (κ1) is 16.7. The van der Waals surface area contributed by atoms with Crippen molar-refractivity contribution in [2.75, 3.05) is 13.1 Å². The zero-order valence-corrected chi connectivity index (χ0v) is 15.5. The van der Waals surface area contributed by atoms with E-state index in [0.29, 0.717) is 24.8 Å². The summed E-state index contributed by atoms with van der Waals surface area (Å²) >= 11 is 0. The van der Waals surface area contributed by atoms with Crippen LogP contribution in [0, 0.1) is 6.92 Å². The topological polar surface area (TPSA) is 68.5 Å². The summed E-state index contributed by atoms with van der Waals surface area (Å²) in [6, 6.07) is 13.5. The van der Waals surface area contributed by atoms with Crippen LogP contribution < -0.4 is 4.74 Å². The number of fused-ring (bicyclic) bond motifs is 1. The van der Waals surface area contributed by atoms with Crippen molar-refractivity contribution in [3.8, 4) is 17.2 Å². The number of hydrogen-bond donors (Lipinski definition) is 0. The molecule has 0 unspecified atom stereocenters. The number of hydrogen-bond acceptors (Lipinski definition) is 5. The molecule has 6 nitrogen and oxygen atoms in total. The average molecular weight is 373 g/mol. The van der Waals surface area contributed by atoms with E-state index in [1.807, 2.05) is 47.4 Å². The van der Waals surface area contributed by atoms with Gasteiger partial charge in [-0.3, -0.25) is 4.79 Å². The molecule has 1 saturated heterocycles. The second-order valence-corrected chi connectivity index (χ2v) is 7.11. The van der Waals surface area contributed by atoms with Crippen LogP contribution in [0.25, 0.3) is 17.5 Å². The van der Waals surface area contributed by atoms with Gasteiger partial charge in [0.2, 0.25) is 0 Å². The lowest BCUT2D eigenvalue weighted by Gasteiger charge is -2.39. The number of amides is 1. The number of carbonyl (C=O) groups is 1. The van der Waals surface area contributed by atoms with Gasteiger partial charge in [0, 0.05) is 11.1 Å². The summed E-state index contributed by atoms with van der Waals surface area (Å²) in [5, 5.41) is 3.82. The van der Waals surface area contributed by atoms with Gasteiger partial charge in [0.1, 0.15) is 11.9 Å². The largest absolute Gasteiger partial charge is 0.487 e. The van der Waals surface area contributed by atoms with Gasteiger partial charge in [-0.1, -0.05) is 35.5 Å². The third-order valence-corrected chi connectivity index (χ3v) is 5.10. The van der Waals surface area contributed by atoms with Gasteiger partial charge in [-0.15, -0.1) is 0 Å². The summed E-state index contributed by atoms with van der Waals surface area (Å²) in [6.45, 7) is 2.94. The number of rotatable bonds is 4. The second kappa shape index (κ2) is 6.64. The predicted octanol–water partition coefficient (Wildman–Crippen LogP) is 3.52. The van der Waals surface area contributed by atoms with Crippen LogP contribution in [0.2, 0.25) is 0 Å². The first-order valence-corrected chi connectivity index (χ1v) is 9.32. The highest BCUT2D eigenvalue weighted by atomic mass is 16.5. The van der Waals surface area contributed by atoms with Crippen molar-refractivity contribution in [3.63, 3.8) is 0 Å². The third kappa shape index (κ3) is 2.97. The molecule has 0 N–H and O–H groups in total. The number of allylic oxidation sites excluding steroid dienone is 1. The molecular weight excluding hydrogens is 354 g/mol. The summed E-state index contributed by atoms with van der Waals surface area (Å²) in [4.78, 5) is 18.9. The lowest BCUT2D eigenvalue weighted by molar-refractivity contribution is 0.0178. The molecule has 0 spiro atoms. The van der Waals surface area contributed by atoms with Crippen molar-refractivity contribution >= 4 is 12.0 Å². The highest BCUT2D eigenvalue weighted by Crippen LogP contribution is 2.28. The molecule has 0 atom stereocenters.